The fraction of sp³-hybridized carbons (Fsp3) is 1.00. The molecule has 0 spiro atoms. The predicted octanol–water partition coefficient (Wildman–Crippen LogP) is 3.25. The van der Waals surface area contributed by atoms with E-state index in [1.807, 2.05) is 0 Å². The maximum absolute atomic E-state index is 9.80. The molecule has 0 bridgehead atoms. The van der Waals surface area contributed by atoms with E-state index >= 15 is 0 Å². The molecular formula is C14H28O3. The van der Waals surface area contributed by atoms with Gasteiger partial charge in [-0.3, -0.25) is 0 Å². The van der Waals surface area contributed by atoms with Gasteiger partial charge in [-0.25, -0.2) is 0 Å². The summed E-state index contributed by atoms with van der Waals surface area (Å²) in [6, 6.07) is 0. The summed E-state index contributed by atoms with van der Waals surface area (Å²) < 4.78 is 10.7. The van der Waals surface area contributed by atoms with E-state index in [1.165, 1.54) is 32.1 Å². The Hall–Kier alpha value is -0.120. The van der Waals surface area contributed by atoms with Gasteiger partial charge in [-0.05, 0) is 12.8 Å². The number of hydrogen-bond acceptors (Lipinski definition) is 3. The van der Waals surface area contributed by atoms with Crippen molar-refractivity contribution in [1.29, 1.82) is 0 Å². The van der Waals surface area contributed by atoms with Gasteiger partial charge in [0.05, 0.1) is 19.3 Å². The van der Waals surface area contributed by atoms with Crippen LogP contribution in [-0.2, 0) is 9.47 Å². The summed E-state index contributed by atoms with van der Waals surface area (Å²) in [4.78, 5) is 0. The van der Waals surface area contributed by atoms with Gasteiger partial charge in [0.25, 0.3) is 0 Å². The van der Waals surface area contributed by atoms with Crippen molar-refractivity contribution in [2.45, 2.75) is 77.1 Å². The SMILES string of the molecule is CCCCCCCCC(O)CCC1OCCO1. The van der Waals surface area contributed by atoms with Crippen molar-refractivity contribution < 1.29 is 14.6 Å². The number of rotatable bonds is 10. The summed E-state index contributed by atoms with van der Waals surface area (Å²) >= 11 is 0. The molecule has 1 saturated heterocycles. The number of unbranched alkanes of at least 4 members (excludes halogenated alkanes) is 5. The summed E-state index contributed by atoms with van der Waals surface area (Å²) in [7, 11) is 0. The topological polar surface area (TPSA) is 38.7 Å². The van der Waals surface area contributed by atoms with E-state index in [9.17, 15) is 5.11 Å². The minimum absolute atomic E-state index is 0.0609. The average molecular weight is 244 g/mol. The highest BCUT2D eigenvalue weighted by atomic mass is 16.7. The van der Waals surface area contributed by atoms with E-state index < -0.39 is 0 Å². The minimum atomic E-state index is -0.172. The van der Waals surface area contributed by atoms with Crippen molar-refractivity contribution in [3.8, 4) is 0 Å². The highest BCUT2D eigenvalue weighted by Gasteiger charge is 2.17. The van der Waals surface area contributed by atoms with Crippen molar-refractivity contribution in [2.24, 2.45) is 0 Å². The van der Waals surface area contributed by atoms with Gasteiger partial charge in [0.1, 0.15) is 0 Å². The second-order valence-electron chi connectivity index (χ2n) is 4.96. The Balaban J connectivity index is 1.85. The van der Waals surface area contributed by atoms with E-state index in [2.05, 4.69) is 6.92 Å². The highest BCUT2D eigenvalue weighted by Crippen LogP contribution is 2.15. The molecule has 0 aromatic heterocycles. The Morgan fingerprint density at radius 2 is 1.65 bits per heavy atom. The van der Waals surface area contributed by atoms with Crippen LogP contribution in [-0.4, -0.2) is 30.7 Å². The normalized spacial score (nSPS) is 18.7. The lowest BCUT2D eigenvalue weighted by Gasteiger charge is -2.13. The predicted molar refractivity (Wildman–Crippen MR) is 68.9 cm³/mol. The molecule has 102 valence electrons. The second-order valence-corrected chi connectivity index (χ2v) is 4.96. The van der Waals surface area contributed by atoms with E-state index in [0.717, 1.165) is 25.7 Å². The highest BCUT2D eigenvalue weighted by molar-refractivity contribution is 4.60. The molecule has 0 radical (unpaired) electrons. The summed E-state index contributed by atoms with van der Waals surface area (Å²) in [6.45, 7) is 3.65. The molecule has 1 aliphatic rings. The van der Waals surface area contributed by atoms with Crippen LogP contribution in [0.4, 0.5) is 0 Å². The Kier molecular flexibility index (Phi) is 8.67. The maximum Gasteiger partial charge on any atom is 0.157 e. The second kappa shape index (κ2) is 9.86. The van der Waals surface area contributed by atoms with Crippen molar-refractivity contribution in [3.63, 3.8) is 0 Å². The first kappa shape index (κ1) is 14.9. The van der Waals surface area contributed by atoms with E-state index in [0.29, 0.717) is 13.2 Å². The van der Waals surface area contributed by atoms with Crippen LogP contribution in [0.2, 0.25) is 0 Å². The quantitative estimate of drug-likeness (QED) is 0.599. The summed E-state index contributed by atoms with van der Waals surface area (Å²) in [5.41, 5.74) is 0. The first-order valence-corrected chi connectivity index (χ1v) is 7.24. The summed E-state index contributed by atoms with van der Waals surface area (Å²) in [6.07, 6.45) is 10.0. The van der Waals surface area contributed by atoms with Gasteiger partial charge < -0.3 is 14.6 Å². The fourth-order valence-electron chi connectivity index (χ4n) is 2.21. The van der Waals surface area contributed by atoms with Crippen LogP contribution in [0.25, 0.3) is 0 Å². The molecule has 3 heteroatoms. The number of aliphatic hydroxyl groups excluding tert-OH is 1. The van der Waals surface area contributed by atoms with Crippen molar-refractivity contribution in [2.75, 3.05) is 13.2 Å². The molecule has 1 aliphatic heterocycles. The van der Waals surface area contributed by atoms with Crippen LogP contribution in [0.1, 0.15) is 64.7 Å². The van der Waals surface area contributed by atoms with Crippen molar-refractivity contribution >= 4 is 0 Å². The average Bonchev–Trinajstić information content (AvgIpc) is 2.84. The van der Waals surface area contributed by atoms with Gasteiger partial charge in [-0.2, -0.15) is 0 Å². The van der Waals surface area contributed by atoms with Crippen LogP contribution in [0.5, 0.6) is 0 Å². The number of aliphatic hydroxyl groups is 1. The van der Waals surface area contributed by atoms with Gasteiger partial charge >= 0.3 is 0 Å². The van der Waals surface area contributed by atoms with E-state index in [-0.39, 0.29) is 12.4 Å². The van der Waals surface area contributed by atoms with E-state index in [4.69, 9.17) is 9.47 Å². The molecule has 1 rings (SSSR count). The first-order valence-electron chi connectivity index (χ1n) is 7.24. The Bertz CT molecular complexity index is 167. The lowest BCUT2D eigenvalue weighted by atomic mass is 10.0. The van der Waals surface area contributed by atoms with Gasteiger partial charge in [-0.15, -0.1) is 0 Å². The third-order valence-corrected chi connectivity index (χ3v) is 3.32. The largest absolute Gasteiger partial charge is 0.393 e. The third-order valence-electron chi connectivity index (χ3n) is 3.32. The molecule has 0 saturated carbocycles. The zero-order chi connectivity index (χ0) is 12.3. The maximum atomic E-state index is 9.80. The lowest BCUT2D eigenvalue weighted by molar-refractivity contribution is -0.0544. The molecule has 1 fully saturated rings. The van der Waals surface area contributed by atoms with Crippen LogP contribution in [0.3, 0.4) is 0 Å². The van der Waals surface area contributed by atoms with Crippen LogP contribution < -0.4 is 0 Å². The van der Waals surface area contributed by atoms with Crippen LogP contribution >= 0.6 is 0 Å². The lowest BCUT2D eigenvalue weighted by Crippen LogP contribution is -2.13. The molecule has 0 aromatic rings. The van der Waals surface area contributed by atoms with Gasteiger partial charge in [0.2, 0.25) is 0 Å². The third kappa shape index (κ3) is 7.74. The smallest absolute Gasteiger partial charge is 0.157 e. The van der Waals surface area contributed by atoms with Crippen molar-refractivity contribution in [3.05, 3.63) is 0 Å². The molecule has 0 aromatic carbocycles. The van der Waals surface area contributed by atoms with Crippen LogP contribution in [0.15, 0.2) is 0 Å². The summed E-state index contributed by atoms with van der Waals surface area (Å²) in [5.74, 6) is 0. The molecule has 1 unspecified atom stereocenters. The van der Waals surface area contributed by atoms with Crippen LogP contribution in [0, 0.1) is 0 Å². The van der Waals surface area contributed by atoms with Gasteiger partial charge in [-0.1, -0.05) is 45.4 Å². The molecule has 1 atom stereocenters. The minimum Gasteiger partial charge on any atom is -0.393 e. The zero-order valence-electron chi connectivity index (χ0n) is 11.2. The Labute approximate surface area is 105 Å². The standard InChI is InChI=1S/C14H28O3/c1-2-3-4-5-6-7-8-13(15)9-10-14-16-11-12-17-14/h13-15H,2-12H2,1H3. The van der Waals surface area contributed by atoms with Gasteiger partial charge in [0.15, 0.2) is 6.29 Å². The summed E-state index contributed by atoms with van der Waals surface area (Å²) in [5, 5.41) is 9.80. The molecule has 0 aliphatic carbocycles. The van der Waals surface area contributed by atoms with Crippen molar-refractivity contribution in [1.82, 2.24) is 0 Å². The Morgan fingerprint density at radius 3 is 2.35 bits per heavy atom. The number of ether oxygens (including phenoxy) is 2. The molecular weight excluding hydrogens is 216 g/mol. The zero-order valence-corrected chi connectivity index (χ0v) is 11.2. The molecule has 17 heavy (non-hydrogen) atoms. The Morgan fingerprint density at radius 1 is 1.00 bits per heavy atom. The fourth-order valence-corrected chi connectivity index (χ4v) is 2.21. The first-order chi connectivity index (χ1) is 8.33. The van der Waals surface area contributed by atoms with Gasteiger partial charge in [0, 0.05) is 6.42 Å². The monoisotopic (exact) mass is 244 g/mol. The van der Waals surface area contributed by atoms with E-state index in [1.54, 1.807) is 0 Å². The molecule has 0 amide bonds. The molecule has 1 N–H and O–H groups in total. The molecule has 1 heterocycles. The number of hydrogen-bond donors (Lipinski definition) is 1. The molecule has 3 nitrogen and oxygen atoms in total.